The molecule has 0 bridgehead atoms. The first kappa shape index (κ1) is 20.0. The zero-order chi connectivity index (χ0) is 21.3. The van der Waals surface area contributed by atoms with E-state index in [0.717, 1.165) is 22.7 Å². The first-order valence-electron chi connectivity index (χ1n) is 8.99. The summed E-state index contributed by atoms with van der Waals surface area (Å²) >= 11 is 1.24. The van der Waals surface area contributed by atoms with Crippen LogP contribution in [0.25, 0.3) is 0 Å². The predicted octanol–water partition coefficient (Wildman–Crippen LogP) is 4.01. The van der Waals surface area contributed by atoms with E-state index in [2.05, 4.69) is 15.3 Å². The lowest BCUT2D eigenvalue weighted by atomic mass is 10.1. The van der Waals surface area contributed by atoms with E-state index < -0.39 is 23.6 Å². The Hall–Kier alpha value is -3.27. The van der Waals surface area contributed by atoms with Crippen molar-refractivity contribution in [2.45, 2.75) is 19.1 Å². The molecular formula is C20H15F3N4O2S. The van der Waals surface area contributed by atoms with Gasteiger partial charge in [0.15, 0.2) is 5.13 Å². The summed E-state index contributed by atoms with van der Waals surface area (Å²) in [6, 6.07) is 9.38. The lowest BCUT2D eigenvalue weighted by Crippen LogP contribution is -2.35. The number of aromatic nitrogens is 2. The number of nitrogens with zero attached hydrogens (tertiary/aromatic N) is 3. The van der Waals surface area contributed by atoms with Crippen LogP contribution in [0.2, 0.25) is 0 Å². The molecule has 0 spiro atoms. The third-order valence-corrected chi connectivity index (χ3v) is 5.57. The molecule has 0 saturated carbocycles. The molecule has 3 aromatic rings. The fourth-order valence-electron chi connectivity index (χ4n) is 3.09. The number of alkyl halides is 3. The van der Waals surface area contributed by atoms with E-state index in [-0.39, 0.29) is 17.8 Å². The van der Waals surface area contributed by atoms with Crippen LogP contribution in [0.4, 0.5) is 18.3 Å². The number of fused-ring (bicyclic) bond motifs is 1. The molecule has 1 aliphatic heterocycles. The van der Waals surface area contributed by atoms with Gasteiger partial charge in [-0.15, -0.1) is 0 Å². The number of carbonyl (C=O) groups is 2. The Morgan fingerprint density at radius 1 is 1.13 bits per heavy atom. The second-order valence-corrected chi connectivity index (χ2v) is 7.70. The maximum atomic E-state index is 12.9. The summed E-state index contributed by atoms with van der Waals surface area (Å²) in [7, 11) is 0. The first-order valence-corrected chi connectivity index (χ1v) is 9.80. The van der Waals surface area contributed by atoms with Crippen LogP contribution in [0.1, 0.15) is 37.0 Å². The van der Waals surface area contributed by atoms with Crippen LogP contribution >= 0.6 is 11.3 Å². The molecule has 1 aliphatic rings. The summed E-state index contributed by atoms with van der Waals surface area (Å²) in [4.78, 5) is 35.6. The number of halogens is 3. The zero-order valence-electron chi connectivity index (χ0n) is 15.4. The average molecular weight is 432 g/mol. The summed E-state index contributed by atoms with van der Waals surface area (Å²) in [5.74, 6) is -0.863. The number of hydrogen-bond donors (Lipinski definition) is 1. The standard InChI is InChI=1S/C20H15F3N4O2S/c21-20(22,23)13-5-3-4-12(10-13)18(29)27-9-7-14-16(11-27)30-19(25-14)26-17(28)15-6-1-2-8-24-15/h1-6,8,10H,7,9,11H2,(H,25,26,28). The molecule has 0 atom stereocenters. The molecule has 2 amide bonds. The Kier molecular flexibility index (Phi) is 5.25. The molecule has 6 nitrogen and oxygen atoms in total. The number of carbonyl (C=O) groups excluding carboxylic acids is 2. The van der Waals surface area contributed by atoms with E-state index in [1.54, 1.807) is 18.2 Å². The predicted molar refractivity (Wildman–Crippen MR) is 104 cm³/mol. The number of nitrogens with one attached hydrogen (secondary N) is 1. The Morgan fingerprint density at radius 3 is 2.70 bits per heavy atom. The van der Waals surface area contributed by atoms with Crippen LogP contribution in [-0.2, 0) is 19.1 Å². The van der Waals surface area contributed by atoms with Crippen molar-refractivity contribution in [3.8, 4) is 0 Å². The maximum absolute atomic E-state index is 12.9. The first-order chi connectivity index (χ1) is 14.3. The van der Waals surface area contributed by atoms with Gasteiger partial charge in [-0.25, -0.2) is 4.98 Å². The van der Waals surface area contributed by atoms with Gasteiger partial charge in [0.1, 0.15) is 5.69 Å². The SMILES string of the molecule is O=C(Nc1nc2c(s1)CN(C(=O)c1cccc(C(F)(F)F)c1)CC2)c1ccccn1. The van der Waals surface area contributed by atoms with Crippen molar-refractivity contribution in [1.29, 1.82) is 0 Å². The van der Waals surface area contributed by atoms with Gasteiger partial charge in [0.25, 0.3) is 11.8 Å². The van der Waals surface area contributed by atoms with Crippen molar-refractivity contribution in [1.82, 2.24) is 14.9 Å². The Labute approximate surface area is 173 Å². The van der Waals surface area contributed by atoms with E-state index in [9.17, 15) is 22.8 Å². The van der Waals surface area contributed by atoms with Crippen molar-refractivity contribution in [3.63, 3.8) is 0 Å². The largest absolute Gasteiger partial charge is 0.416 e. The van der Waals surface area contributed by atoms with Gasteiger partial charge in [-0.1, -0.05) is 23.5 Å². The summed E-state index contributed by atoms with van der Waals surface area (Å²) < 4.78 is 38.8. The van der Waals surface area contributed by atoms with Crippen LogP contribution in [0.3, 0.4) is 0 Å². The zero-order valence-corrected chi connectivity index (χ0v) is 16.3. The van der Waals surface area contributed by atoms with Gasteiger partial charge in [-0.05, 0) is 30.3 Å². The summed E-state index contributed by atoms with van der Waals surface area (Å²) in [5.41, 5.74) is 0.154. The molecule has 3 heterocycles. The van der Waals surface area contributed by atoms with Gasteiger partial charge in [0, 0.05) is 29.6 Å². The molecule has 2 aromatic heterocycles. The summed E-state index contributed by atoms with van der Waals surface area (Å²) in [6.07, 6.45) is -2.54. The molecule has 30 heavy (non-hydrogen) atoms. The minimum Gasteiger partial charge on any atom is -0.333 e. The van der Waals surface area contributed by atoms with Gasteiger partial charge >= 0.3 is 6.18 Å². The molecular weight excluding hydrogens is 417 g/mol. The van der Waals surface area contributed by atoms with Crippen molar-refractivity contribution in [3.05, 3.63) is 76.1 Å². The normalized spacial score (nSPS) is 13.6. The lowest BCUT2D eigenvalue weighted by molar-refractivity contribution is -0.137. The van der Waals surface area contributed by atoms with Crippen LogP contribution in [0.5, 0.6) is 0 Å². The minimum absolute atomic E-state index is 0.0125. The van der Waals surface area contributed by atoms with E-state index in [1.807, 2.05) is 0 Å². The lowest BCUT2D eigenvalue weighted by Gasteiger charge is -2.26. The molecule has 154 valence electrons. The fraction of sp³-hybridized carbons (Fsp3) is 0.200. The highest BCUT2D eigenvalue weighted by molar-refractivity contribution is 7.15. The highest BCUT2D eigenvalue weighted by Gasteiger charge is 2.32. The van der Waals surface area contributed by atoms with Crippen LogP contribution < -0.4 is 5.32 Å². The molecule has 0 aliphatic carbocycles. The smallest absolute Gasteiger partial charge is 0.333 e. The molecule has 0 radical (unpaired) electrons. The highest BCUT2D eigenvalue weighted by Crippen LogP contribution is 2.31. The van der Waals surface area contributed by atoms with E-state index >= 15 is 0 Å². The van der Waals surface area contributed by atoms with E-state index in [0.29, 0.717) is 18.1 Å². The highest BCUT2D eigenvalue weighted by atomic mass is 32.1. The van der Waals surface area contributed by atoms with Crippen molar-refractivity contribution >= 4 is 28.3 Å². The van der Waals surface area contributed by atoms with Crippen molar-refractivity contribution in [2.24, 2.45) is 0 Å². The number of pyridine rings is 1. The second-order valence-electron chi connectivity index (χ2n) is 6.61. The maximum Gasteiger partial charge on any atom is 0.416 e. The molecule has 4 rings (SSSR count). The number of amides is 2. The van der Waals surface area contributed by atoms with Gasteiger partial charge in [0.05, 0.1) is 17.8 Å². The molecule has 1 N–H and O–H groups in total. The number of rotatable bonds is 3. The molecule has 1 aromatic carbocycles. The second kappa shape index (κ2) is 7.86. The van der Waals surface area contributed by atoms with Gasteiger partial charge in [0.2, 0.25) is 0 Å². The molecule has 0 unspecified atom stereocenters. The third-order valence-electron chi connectivity index (χ3n) is 4.57. The quantitative estimate of drug-likeness (QED) is 0.679. The number of benzene rings is 1. The Morgan fingerprint density at radius 2 is 1.97 bits per heavy atom. The van der Waals surface area contributed by atoms with Gasteiger partial charge in [-0.3, -0.25) is 19.9 Å². The minimum atomic E-state index is -4.51. The number of thiazole rings is 1. The fourth-order valence-corrected chi connectivity index (χ4v) is 4.11. The van der Waals surface area contributed by atoms with Crippen molar-refractivity contribution < 1.29 is 22.8 Å². The van der Waals surface area contributed by atoms with Crippen LogP contribution in [0.15, 0.2) is 48.7 Å². The van der Waals surface area contributed by atoms with E-state index in [4.69, 9.17) is 0 Å². The molecule has 10 heteroatoms. The van der Waals surface area contributed by atoms with Crippen LogP contribution in [0, 0.1) is 0 Å². The average Bonchev–Trinajstić information content (AvgIpc) is 3.14. The molecule has 0 fully saturated rings. The monoisotopic (exact) mass is 432 g/mol. The van der Waals surface area contributed by atoms with E-state index in [1.165, 1.54) is 34.6 Å². The third kappa shape index (κ3) is 4.18. The van der Waals surface area contributed by atoms with Crippen LogP contribution in [-0.4, -0.2) is 33.2 Å². The van der Waals surface area contributed by atoms with Gasteiger partial charge in [-0.2, -0.15) is 13.2 Å². The number of hydrogen-bond acceptors (Lipinski definition) is 5. The van der Waals surface area contributed by atoms with Crippen molar-refractivity contribution in [2.75, 3.05) is 11.9 Å². The Bertz CT molecular complexity index is 1100. The number of anilines is 1. The topological polar surface area (TPSA) is 75.2 Å². The summed E-state index contributed by atoms with van der Waals surface area (Å²) in [5, 5.41) is 3.09. The molecule has 0 saturated heterocycles. The van der Waals surface area contributed by atoms with Gasteiger partial charge < -0.3 is 4.90 Å². The summed E-state index contributed by atoms with van der Waals surface area (Å²) in [6.45, 7) is 0.557. The Balaban J connectivity index is 1.48.